The second-order valence-electron chi connectivity index (χ2n) is 6.39. The summed E-state index contributed by atoms with van der Waals surface area (Å²) in [4.78, 5) is 0.759. The first kappa shape index (κ1) is 17.6. The highest BCUT2D eigenvalue weighted by molar-refractivity contribution is 9.09. The molecular formula is C19H22BrNO2S. The Balaban J connectivity index is 1.89. The van der Waals surface area contributed by atoms with Gasteiger partial charge in [-0.15, -0.1) is 0 Å². The molecule has 2 aromatic rings. The highest BCUT2D eigenvalue weighted by Gasteiger charge is 2.36. The van der Waals surface area contributed by atoms with Crippen LogP contribution in [0.5, 0.6) is 0 Å². The zero-order valence-corrected chi connectivity index (χ0v) is 16.1. The van der Waals surface area contributed by atoms with E-state index < -0.39 is 10.0 Å². The zero-order valence-electron chi connectivity index (χ0n) is 13.7. The summed E-state index contributed by atoms with van der Waals surface area (Å²) in [6.07, 6.45) is 2.42. The van der Waals surface area contributed by atoms with Crippen molar-refractivity contribution in [1.82, 2.24) is 4.31 Å². The number of piperidine rings is 1. The van der Waals surface area contributed by atoms with Gasteiger partial charge in [0.25, 0.3) is 0 Å². The summed E-state index contributed by atoms with van der Waals surface area (Å²) in [5.74, 6) is 0. The van der Waals surface area contributed by atoms with E-state index in [1.165, 1.54) is 5.56 Å². The van der Waals surface area contributed by atoms with Crippen molar-refractivity contribution in [2.45, 2.75) is 42.0 Å². The topological polar surface area (TPSA) is 37.4 Å². The minimum absolute atomic E-state index is 0.0168. The third-order valence-corrected chi connectivity index (χ3v) is 7.34. The van der Waals surface area contributed by atoms with Crippen molar-refractivity contribution < 1.29 is 8.42 Å². The molecule has 24 heavy (non-hydrogen) atoms. The predicted octanol–water partition coefficient (Wildman–Crippen LogP) is 4.15. The number of alkyl halides is 1. The van der Waals surface area contributed by atoms with Crippen LogP contribution in [0.25, 0.3) is 0 Å². The van der Waals surface area contributed by atoms with Crippen LogP contribution in [0.1, 0.15) is 24.0 Å². The monoisotopic (exact) mass is 407 g/mol. The minimum atomic E-state index is -3.46. The summed E-state index contributed by atoms with van der Waals surface area (Å²) >= 11 is 3.68. The van der Waals surface area contributed by atoms with Crippen LogP contribution in [0, 0.1) is 6.92 Å². The molecule has 0 spiro atoms. The van der Waals surface area contributed by atoms with Crippen molar-refractivity contribution in [3.63, 3.8) is 0 Å². The van der Waals surface area contributed by atoms with Crippen molar-refractivity contribution in [3.05, 3.63) is 65.7 Å². The van der Waals surface area contributed by atoms with E-state index in [2.05, 4.69) is 28.1 Å². The van der Waals surface area contributed by atoms with Gasteiger partial charge in [0, 0.05) is 17.4 Å². The maximum Gasteiger partial charge on any atom is 0.243 e. The number of halogens is 1. The fraction of sp³-hybridized carbons (Fsp3) is 0.368. The van der Waals surface area contributed by atoms with E-state index in [4.69, 9.17) is 0 Å². The normalized spacial score (nSPS) is 22.4. The van der Waals surface area contributed by atoms with Crippen LogP contribution in [0.3, 0.4) is 0 Å². The van der Waals surface area contributed by atoms with E-state index in [0.717, 1.165) is 24.8 Å². The lowest BCUT2D eigenvalue weighted by atomic mass is 9.98. The quantitative estimate of drug-likeness (QED) is 0.713. The van der Waals surface area contributed by atoms with Crippen molar-refractivity contribution in [3.8, 4) is 0 Å². The molecule has 3 rings (SSSR count). The van der Waals surface area contributed by atoms with Crippen LogP contribution in [-0.4, -0.2) is 30.1 Å². The molecule has 0 bridgehead atoms. The highest BCUT2D eigenvalue weighted by Crippen LogP contribution is 2.30. The first-order valence-corrected chi connectivity index (χ1v) is 10.6. The van der Waals surface area contributed by atoms with Gasteiger partial charge in [-0.1, -0.05) is 64.0 Å². The molecule has 0 aliphatic carbocycles. The summed E-state index contributed by atoms with van der Waals surface area (Å²) in [7, 11) is -3.46. The van der Waals surface area contributed by atoms with Gasteiger partial charge in [-0.2, -0.15) is 4.31 Å². The van der Waals surface area contributed by atoms with E-state index in [9.17, 15) is 8.42 Å². The molecule has 0 radical (unpaired) electrons. The average Bonchev–Trinajstić information content (AvgIpc) is 2.56. The van der Waals surface area contributed by atoms with Crippen LogP contribution in [-0.2, 0) is 16.4 Å². The Morgan fingerprint density at radius 1 is 1.08 bits per heavy atom. The molecule has 2 aromatic carbocycles. The number of hydrogen-bond acceptors (Lipinski definition) is 2. The molecule has 1 aliphatic rings. The number of benzene rings is 2. The van der Waals surface area contributed by atoms with Crippen LogP contribution < -0.4 is 0 Å². The van der Waals surface area contributed by atoms with Crippen LogP contribution in [0.2, 0.25) is 0 Å². The minimum Gasteiger partial charge on any atom is -0.207 e. The lowest BCUT2D eigenvalue weighted by molar-refractivity contribution is 0.258. The lowest BCUT2D eigenvalue weighted by Gasteiger charge is -2.37. The van der Waals surface area contributed by atoms with Gasteiger partial charge in [0.2, 0.25) is 10.0 Å². The Hall–Kier alpha value is -1.17. The lowest BCUT2D eigenvalue weighted by Crippen LogP contribution is -2.47. The second kappa shape index (κ2) is 7.38. The van der Waals surface area contributed by atoms with E-state index in [0.29, 0.717) is 16.3 Å². The summed E-state index contributed by atoms with van der Waals surface area (Å²) < 4.78 is 27.9. The van der Waals surface area contributed by atoms with Crippen molar-refractivity contribution >= 4 is 26.0 Å². The predicted molar refractivity (Wildman–Crippen MR) is 101 cm³/mol. The Morgan fingerprint density at radius 2 is 1.75 bits per heavy atom. The molecule has 0 unspecified atom stereocenters. The van der Waals surface area contributed by atoms with Crippen molar-refractivity contribution in [1.29, 1.82) is 0 Å². The molecule has 0 aromatic heterocycles. The third kappa shape index (κ3) is 3.90. The molecule has 1 aliphatic heterocycles. The summed E-state index contributed by atoms with van der Waals surface area (Å²) in [5, 5.41) is 0. The van der Waals surface area contributed by atoms with E-state index >= 15 is 0 Å². The molecule has 3 nitrogen and oxygen atoms in total. The molecule has 1 fully saturated rings. The maximum absolute atomic E-state index is 13.1. The van der Waals surface area contributed by atoms with Gasteiger partial charge in [-0.05, 0) is 43.9 Å². The van der Waals surface area contributed by atoms with Crippen LogP contribution in [0.15, 0.2) is 59.5 Å². The largest absolute Gasteiger partial charge is 0.243 e. The van der Waals surface area contributed by atoms with Crippen LogP contribution in [0.4, 0.5) is 0 Å². The Kier molecular flexibility index (Phi) is 5.42. The number of hydrogen-bond donors (Lipinski definition) is 0. The SMILES string of the molecule is Cc1ccc(S(=O)(=O)N2CC[C@@H](Br)C[C@@H]2Cc2ccccc2)cc1. The molecule has 0 amide bonds. The fourth-order valence-electron chi connectivity index (χ4n) is 3.21. The first-order valence-electron chi connectivity index (χ1n) is 8.23. The van der Waals surface area contributed by atoms with Crippen molar-refractivity contribution in [2.75, 3.05) is 6.54 Å². The Morgan fingerprint density at radius 3 is 2.42 bits per heavy atom. The van der Waals surface area contributed by atoms with Gasteiger partial charge in [0.05, 0.1) is 4.90 Å². The summed E-state index contributed by atoms with van der Waals surface area (Å²) in [5.41, 5.74) is 2.24. The van der Waals surface area contributed by atoms with E-state index in [-0.39, 0.29) is 6.04 Å². The van der Waals surface area contributed by atoms with Gasteiger partial charge >= 0.3 is 0 Å². The molecule has 0 N–H and O–H groups in total. The molecule has 128 valence electrons. The number of nitrogens with zero attached hydrogens (tertiary/aromatic N) is 1. The average molecular weight is 408 g/mol. The van der Waals surface area contributed by atoms with Gasteiger partial charge in [0.1, 0.15) is 0 Å². The van der Waals surface area contributed by atoms with Gasteiger partial charge < -0.3 is 0 Å². The third-order valence-electron chi connectivity index (χ3n) is 4.54. The van der Waals surface area contributed by atoms with Gasteiger partial charge in [-0.3, -0.25) is 0 Å². The smallest absolute Gasteiger partial charge is 0.207 e. The molecule has 1 saturated heterocycles. The van der Waals surface area contributed by atoms with Crippen molar-refractivity contribution in [2.24, 2.45) is 0 Å². The maximum atomic E-state index is 13.1. The summed E-state index contributed by atoms with van der Waals surface area (Å²) in [6, 6.07) is 17.2. The number of rotatable bonds is 4. The van der Waals surface area contributed by atoms with E-state index in [1.54, 1.807) is 16.4 Å². The number of sulfonamides is 1. The molecular weight excluding hydrogens is 386 g/mol. The first-order chi connectivity index (χ1) is 11.5. The highest BCUT2D eigenvalue weighted by atomic mass is 79.9. The van der Waals surface area contributed by atoms with Gasteiger partial charge in [-0.25, -0.2) is 8.42 Å². The van der Waals surface area contributed by atoms with Crippen LogP contribution >= 0.6 is 15.9 Å². The number of aryl methyl sites for hydroxylation is 1. The Bertz CT molecular complexity index is 775. The molecule has 1 heterocycles. The summed E-state index contributed by atoms with van der Waals surface area (Å²) in [6.45, 7) is 2.52. The molecule has 5 heteroatoms. The van der Waals surface area contributed by atoms with E-state index in [1.807, 2.05) is 37.3 Å². The standard InChI is InChI=1S/C19H22BrNO2S/c1-15-7-9-19(10-8-15)24(22,23)21-12-11-17(20)14-18(21)13-16-5-3-2-4-6-16/h2-10,17-18H,11-14H2,1H3/t17-,18+/m1/s1. The van der Waals surface area contributed by atoms with Gasteiger partial charge in [0.15, 0.2) is 0 Å². The molecule has 2 atom stereocenters. The molecule has 0 saturated carbocycles. The fourth-order valence-corrected chi connectivity index (χ4v) is 5.50. The zero-order chi connectivity index (χ0) is 17.2. The Labute approximate surface area is 152 Å². The second-order valence-corrected chi connectivity index (χ2v) is 9.58.